The van der Waals surface area contributed by atoms with Gasteiger partial charge in [-0.1, -0.05) is 0 Å². The van der Waals surface area contributed by atoms with Crippen LogP contribution in [0.3, 0.4) is 0 Å². The summed E-state index contributed by atoms with van der Waals surface area (Å²) < 4.78 is 6.85. The van der Waals surface area contributed by atoms with Crippen molar-refractivity contribution in [2.75, 3.05) is 6.61 Å². The number of aliphatic hydroxyl groups excluding tert-OH is 3. The SMILES string of the molecule is O=c1[nH]c(=S)[nH]c2c1ncn2[C@H]1O[C@@H](CO)C(O)C1O. The molecular formula is C10H12N4O5S. The maximum Gasteiger partial charge on any atom is 0.279 e. The molecule has 0 spiro atoms. The van der Waals surface area contributed by atoms with Crippen LogP contribution in [-0.4, -0.2) is 59.8 Å². The molecule has 9 nitrogen and oxygen atoms in total. The Balaban J connectivity index is 2.12. The van der Waals surface area contributed by atoms with E-state index < -0.39 is 36.7 Å². The van der Waals surface area contributed by atoms with Crippen molar-refractivity contribution in [1.29, 1.82) is 0 Å². The summed E-state index contributed by atoms with van der Waals surface area (Å²) in [5.74, 6) is 0. The van der Waals surface area contributed by atoms with E-state index in [0.29, 0.717) is 0 Å². The Morgan fingerprint density at radius 1 is 1.40 bits per heavy atom. The number of aromatic nitrogens is 4. The third-order valence-electron chi connectivity index (χ3n) is 3.26. The van der Waals surface area contributed by atoms with E-state index in [9.17, 15) is 15.0 Å². The van der Waals surface area contributed by atoms with Crippen LogP contribution < -0.4 is 5.56 Å². The number of fused-ring (bicyclic) bond motifs is 1. The summed E-state index contributed by atoms with van der Waals surface area (Å²) >= 11 is 4.88. The second-order valence-electron chi connectivity index (χ2n) is 4.49. The maximum atomic E-state index is 11.7. The molecule has 1 aliphatic rings. The number of aliphatic hydroxyl groups is 3. The molecule has 2 aromatic heterocycles. The Kier molecular flexibility index (Phi) is 3.18. The molecule has 108 valence electrons. The molecule has 1 fully saturated rings. The summed E-state index contributed by atoms with van der Waals surface area (Å²) in [6.45, 7) is -0.433. The molecule has 0 radical (unpaired) electrons. The Morgan fingerprint density at radius 2 is 2.15 bits per heavy atom. The van der Waals surface area contributed by atoms with E-state index in [1.807, 2.05) is 0 Å². The van der Waals surface area contributed by atoms with E-state index in [4.69, 9.17) is 22.1 Å². The summed E-state index contributed by atoms with van der Waals surface area (Å²) in [7, 11) is 0. The van der Waals surface area contributed by atoms with Crippen LogP contribution >= 0.6 is 12.2 Å². The number of nitrogens with one attached hydrogen (secondary N) is 2. The molecule has 0 amide bonds. The molecule has 0 aromatic carbocycles. The lowest BCUT2D eigenvalue weighted by Crippen LogP contribution is -2.33. The summed E-state index contributed by atoms with van der Waals surface area (Å²) in [5, 5.41) is 28.8. The lowest BCUT2D eigenvalue weighted by atomic mass is 10.1. The highest BCUT2D eigenvalue weighted by Crippen LogP contribution is 2.30. The summed E-state index contributed by atoms with van der Waals surface area (Å²) in [6, 6.07) is 0. The first kappa shape index (κ1) is 13.4. The Hall–Kier alpha value is -1.59. The molecule has 20 heavy (non-hydrogen) atoms. The van der Waals surface area contributed by atoms with Crippen molar-refractivity contribution in [1.82, 2.24) is 19.5 Å². The minimum atomic E-state index is -1.26. The van der Waals surface area contributed by atoms with Crippen LogP contribution in [0, 0.1) is 4.77 Å². The van der Waals surface area contributed by atoms with Gasteiger partial charge in [-0.3, -0.25) is 14.3 Å². The number of hydrogen-bond donors (Lipinski definition) is 5. The first-order chi connectivity index (χ1) is 9.52. The van der Waals surface area contributed by atoms with Crippen molar-refractivity contribution in [3.05, 3.63) is 21.5 Å². The number of nitrogens with zero attached hydrogens (tertiary/aromatic N) is 2. The van der Waals surface area contributed by atoms with Gasteiger partial charge in [-0.15, -0.1) is 0 Å². The normalized spacial score (nSPS) is 30.1. The van der Waals surface area contributed by atoms with Crippen LogP contribution in [-0.2, 0) is 4.74 Å². The molecule has 3 heterocycles. The molecule has 4 atom stereocenters. The van der Waals surface area contributed by atoms with Crippen molar-refractivity contribution in [2.24, 2.45) is 0 Å². The van der Waals surface area contributed by atoms with Crippen LogP contribution in [0.25, 0.3) is 11.2 Å². The number of rotatable bonds is 2. The van der Waals surface area contributed by atoms with E-state index in [0.717, 1.165) is 0 Å². The van der Waals surface area contributed by atoms with Crippen LogP contribution in [0.1, 0.15) is 6.23 Å². The fraction of sp³-hybridized carbons (Fsp3) is 0.500. The standard InChI is InChI=1S/C10H12N4O5S/c15-1-3-5(16)6(17)9(19-3)14-2-11-4-7(14)12-10(20)13-8(4)18/h2-3,5-6,9,15-17H,1H2,(H2,12,13,18,20)/t3-,5?,6?,9-/m0/s1. The topological polar surface area (TPSA) is 136 Å². The van der Waals surface area contributed by atoms with Gasteiger partial charge >= 0.3 is 0 Å². The number of ether oxygens (including phenoxy) is 1. The predicted octanol–water partition coefficient (Wildman–Crippen LogP) is -1.61. The van der Waals surface area contributed by atoms with Gasteiger partial charge in [0.25, 0.3) is 5.56 Å². The van der Waals surface area contributed by atoms with Gasteiger partial charge in [-0.2, -0.15) is 0 Å². The average Bonchev–Trinajstić information content (AvgIpc) is 2.93. The van der Waals surface area contributed by atoms with Gasteiger partial charge in [0.05, 0.1) is 12.9 Å². The third kappa shape index (κ3) is 1.89. The van der Waals surface area contributed by atoms with Crippen molar-refractivity contribution in [2.45, 2.75) is 24.5 Å². The fourth-order valence-electron chi connectivity index (χ4n) is 2.25. The zero-order chi connectivity index (χ0) is 14.4. The minimum Gasteiger partial charge on any atom is -0.394 e. The second-order valence-corrected chi connectivity index (χ2v) is 4.89. The third-order valence-corrected chi connectivity index (χ3v) is 3.46. The predicted molar refractivity (Wildman–Crippen MR) is 68.5 cm³/mol. The monoisotopic (exact) mass is 300 g/mol. The molecule has 0 bridgehead atoms. The van der Waals surface area contributed by atoms with Crippen LogP contribution in [0.15, 0.2) is 11.1 Å². The molecule has 2 unspecified atom stereocenters. The number of H-pyrrole nitrogens is 2. The Labute approximate surface area is 116 Å². The molecular weight excluding hydrogens is 288 g/mol. The van der Waals surface area contributed by atoms with E-state index in [2.05, 4.69) is 15.0 Å². The first-order valence-corrected chi connectivity index (χ1v) is 6.25. The number of hydrogen-bond acceptors (Lipinski definition) is 7. The zero-order valence-electron chi connectivity index (χ0n) is 10.1. The van der Waals surface area contributed by atoms with Gasteiger partial charge in [0.15, 0.2) is 16.5 Å². The van der Waals surface area contributed by atoms with E-state index in [1.165, 1.54) is 10.9 Å². The molecule has 1 aliphatic heterocycles. The quantitative estimate of drug-likeness (QED) is 0.421. The maximum absolute atomic E-state index is 11.7. The molecule has 1 saturated heterocycles. The van der Waals surface area contributed by atoms with Gasteiger partial charge in [-0.25, -0.2) is 4.98 Å². The van der Waals surface area contributed by atoms with Crippen molar-refractivity contribution >= 4 is 23.4 Å². The average molecular weight is 300 g/mol. The molecule has 10 heteroatoms. The first-order valence-electron chi connectivity index (χ1n) is 5.84. The summed E-state index contributed by atoms with van der Waals surface area (Å²) in [5.41, 5.74) is -0.0841. The van der Waals surface area contributed by atoms with Crippen molar-refractivity contribution in [3.63, 3.8) is 0 Å². The van der Waals surface area contributed by atoms with Gasteiger partial charge < -0.3 is 25.0 Å². The summed E-state index contributed by atoms with van der Waals surface area (Å²) in [4.78, 5) is 20.7. The van der Waals surface area contributed by atoms with Crippen LogP contribution in [0.5, 0.6) is 0 Å². The number of imidazole rings is 1. The number of aromatic amines is 2. The van der Waals surface area contributed by atoms with Gasteiger partial charge in [0, 0.05) is 0 Å². The zero-order valence-corrected chi connectivity index (χ0v) is 10.9. The highest BCUT2D eigenvalue weighted by atomic mass is 32.1. The van der Waals surface area contributed by atoms with Crippen molar-refractivity contribution in [3.8, 4) is 0 Å². The molecule has 5 N–H and O–H groups in total. The second kappa shape index (κ2) is 4.75. The van der Waals surface area contributed by atoms with E-state index in [1.54, 1.807) is 0 Å². The lowest BCUT2D eigenvalue weighted by Gasteiger charge is -2.16. The van der Waals surface area contributed by atoms with E-state index in [-0.39, 0.29) is 15.9 Å². The highest BCUT2D eigenvalue weighted by molar-refractivity contribution is 7.71. The molecule has 3 rings (SSSR count). The molecule has 0 aliphatic carbocycles. The van der Waals surface area contributed by atoms with Gasteiger partial charge in [-0.05, 0) is 12.2 Å². The van der Waals surface area contributed by atoms with Crippen LogP contribution in [0.4, 0.5) is 0 Å². The smallest absolute Gasteiger partial charge is 0.279 e. The van der Waals surface area contributed by atoms with Gasteiger partial charge in [0.1, 0.15) is 24.0 Å². The van der Waals surface area contributed by atoms with Crippen molar-refractivity contribution < 1.29 is 20.1 Å². The fourth-order valence-corrected chi connectivity index (χ4v) is 2.44. The summed E-state index contributed by atoms with van der Waals surface area (Å²) in [6.07, 6.45) is -3.07. The minimum absolute atomic E-state index is 0.107. The van der Waals surface area contributed by atoms with Crippen LogP contribution in [0.2, 0.25) is 0 Å². The Bertz CT molecular complexity index is 752. The van der Waals surface area contributed by atoms with Gasteiger partial charge in [0.2, 0.25) is 0 Å². The molecule has 0 saturated carbocycles. The molecule has 2 aromatic rings. The van der Waals surface area contributed by atoms with E-state index >= 15 is 0 Å². The largest absolute Gasteiger partial charge is 0.394 e. The lowest BCUT2D eigenvalue weighted by molar-refractivity contribution is -0.0511. The Morgan fingerprint density at radius 3 is 2.80 bits per heavy atom. The highest BCUT2D eigenvalue weighted by Gasteiger charge is 2.43.